The van der Waals surface area contributed by atoms with Crippen LogP contribution >= 0.6 is 0 Å². The van der Waals surface area contributed by atoms with Crippen molar-refractivity contribution in [1.29, 1.82) is 0 Å². The van der Waals surface area contributed by atoms with Crippen LogP contribution in [-0.2, 0) is 6.54 Å². The summed E-state index contributed by atoms with van der Waals surface area (Å²) in [5, 5.41) is 0. The molecule has 1 saturated heterocycles. The van der Waals surface area contributed by atoms with Gasteiger partial charge in [-0.1, -0.05) is 12.8 Å². The molecule has 1 atom stereocenters. The van der Waals surface area contributed by atoms with E-state index in [9.17, 15) is 0 Å². The SMILES string of the molecule is Cc1cnc(CN(C)[C@@H]2CCN(CC3CCCC3)C2)o1. The zero-order valence-corrected chi connectivity index (χ0v) is 12.8. The molecule has 0 amide bonds. The molecule has 0 aromatic carbocycles. The maximum atomic E-state index is 5.58. The first kappa shape index (κ1) is 14.1. The molecule has 0 bridgehead atoms. The van der Waals surface area contributed by atoms with Crippen LogP contribution in [0.25, 0.3) is 0 Å². The van der Waals surface area contributed by atoms with Gasteiger partial charge in [0.25, 0.3) is 0 Å². The van der Waals surface area contributed by atoms with Gasteiger partial charge in [-0.15, -0.1) is 0 Å². The molecule has 3 rings (SSSR count). The van der Waals surface area contributed by atoms with Crippen LogP contribution in [-0.4, -0.2) is 47.5 Å². The fraction of sp³-hybridized carbons (Fsp3) is 0.812. The first-order valence-corrected chi connectivity index (χ1v) is 8.04. The molecule has 20 heavy (non-hydrogen) atoms. The van der Waals surface area contributed by atoms with Gasteiger partial charge in [-0.2, -0.15) is 0 Å². The molecule has 0 spiro atoms. The highest BCUT2D eigenvalue weighted by molar-refractivity contribution is 4.92. The molecule has 1 aromatic heterocycles. The van der Waals surface area contributed by atoms with E-state index >= 15 is 0 Å². The van der Waals surface area contributed by atoms with Gasteiger partial charge in [0.05, 0.1) is 12.7 Å². The van der Waals surface area contributed by atoms with Gasteiger partial charge in [0.2, 0.25) is 5.89 Å². The average Bonchev–Trinajstić information content (AvgIpc) is 3.12. The highest BCUT2D eigenvalue weighted by Gasteiger charge is 2.28. The first-order chi connectivity index (χ1) is 9.70. The number of hydrogen-bond donors (Lipinski definition) is 0. The van der Waals surface area contributed by atoms with E-state index in [0.29, 0.717) is 6.04 Å². The molecule has 1 aliphatic carbocycles. The highest BCUT2D eigenvalue weighted by atomic mass is 16.4. The van der Waals surface area contributed by atoms with Crippen molar-refractivity contribution in [1.82, 2.24) is 14.8 Å². The molecule has 1 saturated carbocycles. The lowest BCUT2D eigenvalue weighted by molar-refractivity contribution is 0.198. The number of hydrogen-bond acceptors (Lipinski definition) is 4. The highest BCUT2D eigenvalue weighted by Crippen LogP contribution is 2.27. The molecule has 2 heterocycles. The molecule has 4 nitrogen and oxygen atoms in total. The second kappa shape index (κ2) is 6.27. The summed E-state index contributed by atoms with van der Waals surface area (Å²) < 4.78 is 5.58. The summed E-state index contributed by atoms with van der Waals surface area (Å²) in [5.74, 6) is 2.72. The second-order valence-corrected chi connectivity index (χ2v) is 6.63. The number of rotatable bonds is 5. The molecule has 2 aliphatic rings. The first-order valence-electron chi connectivity index (χ1n) is 8.04. The number of nitrogens with zero attached hydrogens (tertiary/aromatic N) is 3. The largest absolute Gasteiger partial charge is 0.445 e. The molecule has 1 aliphatic heterocycles. The Labute approximate surface area is 122 Å². The molecule has 4 heteroatoms. The van der Waals surface area contributed by atoms with Crippen LogP contribution in [0.4, 0.5) is 0 Å². The number of aromatic nitrogens is 1. The minimum Gasteiger partial charge on any atom is -0.445 e. The van der Waals surface area contributed by atoms with Gasteiger partial charge in [-0.05, 0) is 45.7 Å². The Morgan fingerprint density at radius 3 is 2.85 bits per heavy atom. The van der Waals surface area contributed by atoms with Gasteiger partial charge in [0.1, 0.15) is 5.76 Å². The number of likely N-dealkylation sites (tertiary alicyclic amines) is 1. The third kappa shape index (κ3) is 3.41. The molecular weight excluding hydrogens is 250 g/mol. The zero-order valence-electron chi connectivity index (χ0n) is 12.8. The van der Waals surface area contributed by atoms with E-state index in [-0.39, 0.29) is 0 Å². The van der Waals surface area contributed by atoms with Gasteiger partial charge < -0.3 is 9.32 Å². The Kier molecular flexibility index (Phi) is 4.41. The van der Waals surface area contributed by atoms with E-state index in [1.54, 1.807) is 0 Å². The summed E-state index contributed by atoms with van der Waals surface area (Å²) in [6.07, 6.45) is 8.89. The maximum absolute atomic E-state index is 5.58. The van der Waals surface area contributed by atoms with Crippen molar-refractivity contribution >= 4 is 0 Å². The minimum absolute atomic E-state index is 0.656. The van der Waals surface area contributed by atoms with Crippen molar-refractivity contribution in [3.8, 4) is 0 Å². The van der Waals surface area contributed by atoms with E-state index in [2.05, 4.69) is 21.8 Å². The van der Waals surface area contributed by atoms with Crippen LogP contribution < -0.4 is 0 Å². The van der Waals surface area contributed by atoms with Crippen LogP contribution in [0.5, 0.6) is 0 Å². The predicted octanol–water partition coefficient (Wildman–Crippen LogP) is 2.68. The monoisotopic (exact) mass is 277 g/mol. The topological polar surface area (TPSA) is 32.5 Å². The normalized spacial score (nSPS) is 25.1. The van der Waals surface area contributed by atoms with Gasteiger partial charge in [0.15, 0.2) is 0 Å². The van der Waals surface area contributed by atoms with Crippen molar-refractivity contribution < 1.29 is 4.42 Å². The van der Waals surface area contributed by atoms with Crippen molar-refractivity contribution in [3.63, 3.8) is 0 Å². The Hall–Kier alpha value is -0.870. The molecule has 2 fully saturated rings. The quantitative estimate of drug-likeness (QED) is 0.828. The molecular formula is C16H27N3O. The van der Waals surface area contributed by atoms with E-state index in [1.807, 2.05) is 13.1 Å². The third-order valence-electron chi connectivity index (χ3n) is 4.92. The Balaban J connectivity index is 1.46. The summed E-state index contributed by atoms with van der Waals surface area (Å²) in [6.45, 7) is 6.58. The van der Waals surface area contributed by atoms with Crippen molar-refractivity contribution in [2.75, 3.05) is 26.7 Å². The summed E-state index contributed by atoms with van der Waals surface area (Å²) >= 11 is 0. The fourth-order valence-electron chi connectivity index (χ4n) is 3.71. The number of likely N-dealkylation sites (N-methyl/N-ethyl adjacent to an activating group) is 1. The molecule has 0 radical (unpaired) electrons. The lowest BCUT2D eigenvalue weighted by Gasteiger charge is -2.24. The van der Waals surface area contributed by atoms with Gasteiger partial charge in [-0.3, -0.25) is 4.90 Å². The van der Waals surface area contributed by atoms with E-state index in [0.717, 1.165) is 24.1 Å². The molecule has 0 N–H and O–H groups in total. The Morgan fingerprint density at radius 1 is 1.35 bits per heavy atom. The zero-order chi connectivity index (χ0) is 13.9. The fourth-order valence-corrected chi connectivity index (χ4v) is 3.71. The lowest BCUT2D eigenvalue weighted by atomic mass is 10.1. The van der Waals surface area contributed by atoms with Crippen LogP contribution in [0.15, 0.2) is 10.6 Å². The summed E-state index contributed by atoms with van der Waals surface area (Å²) in [6, 6.07) is 0.656. The van der Waals surface area contributed by atoms with Crippen molar-refractivity contribution in [2.45, 2.75) is 51.6 Å². The smallest absolute Gasteiger partial charge is 0.208 e. The minimum atomic E-state index is 0.656. The molecule has 112 valence electrons. The Morgan fingerprint density at radius 2 is 2.15 bits per heavy atom. The third-order valence-corrected chi connectivity index (χ3v) is 4.92. The van der Waals surface area contributed by atoms with Crippen molar-refractivity contribution in [3.05, 3.63) is 17.8 Å². The van der Waals surface area contributed by atoms with Gasteiger partial charge in [0, 0.05) is 19.1 Å². The Bertz CT molecular complexity index is 425. The summed E-state index contributed by atoms with van der Waals surface area (Å²) in [5.41, 5.74) is 0. The summed E-state index contributed by atoms with van der Waals surface area (Å²) in [7, 11) is 2.20. The van der Waals surface area contributed by atoms with Crippen LogP contribution in [0, 0.1) is 12.8 Å². The number of oxazole rings is 1. The van der Waals surface area contributed by atoms with Crippen molar-refractivity contribution in [2.24, 2.45) is 5.92 Å². The molecule has 0 unspecified atom stereocenters. The van der Waals surface area contributed by atoms with Crippen LogP contribution in [0.1, 0.15) is 43.8 Å². The maximum Gasteiger partial charge on any atom is 0.208 e. The average molecular weight is 277 g/mol. The van der Waals surface area contributed by atoms with E-state index in [1.165, 1.54) is 51.7 Å². The van der Waals surface area contributed by atoms with E-state index < -0.39 is 0 Å². The molecule has 1 aromatic rings. The number of aryl methyl sites for hydroxylation is 1. The standard InChI is InChI=1S/C16H27N3O/c1-13-9-17-16(20-13)12-18(2)15-7-8-19(11-15)10-14-5-3-4-6-14/h9,14-15H,3-8,10-12H2,1-2H3/t15-/m1/s1. The predicted molar refractivity (Wildman–Crippen MR) is 79.5 cm³/mol. The van der Waals surface area contributed by atoms with Gasteiger partial charge in [-0.25, -0.2) is 4.98 Å². The van der Waals surface area contributed by atoms with Crippen LogP contribution in [0.2, 0.25) is 0 Å². The summed E-state index contributed by atoms with van der Waals surface area (Å²) in [4.78, 5) is 9.37. The second-order valence-electron chi connectivity index (χ2n) is 6.63. The van der Waals surface area contributed by atoms with E-state index in [4.69, 9.17) is 4.42 Å². The van der Waals surface area contributed by atoms with Crippen LogP contribution in [0.3, 0.4) is 0 Å². The van der Waals surface area contributed by atoms with Gasteiger partial charge >= 0.3 is 0 Å². The lowest BCUT2D eigenvalue weighted by Crippen LogP contribution is -2.35.